The molecule has 19 nitrogen and oxygen atoms in total. The third kappa shape index (κ3) is 72.8. The molecule has 4 N–H and O–H groups in total. The molecule has 0 aliphatic carbocycles. The average Bonchev–Trinajstić information content (AvgIpc) is 1.71. The van der Waals surface area contributed by atoms with E-state index in [0.717, 1.165) is 122 Å². The molecule has 0 saturated carbocycles. The summed E-state index contributed by atoms with van der Waals surface area (Å²) in [6.07, 6.45) is 49.2. The molecule has 0 aliphatic heterocycles. The molecule has 544 valence electrons. The Morgan fingerprint density at radius 3 is 0.957 bits per heavy atom. The first-order valence-corrected chi connectivity index (χ1v) is 40.4. The SMILES string of the molecule is CCCCCCCCCCCCCCCOC(=O)C[C@H](COP(=O)(O)OC[C@@H](O)COP(=O)(O)OC[C@@H](COC(=O)CCCCCCCCCCCNC(C)=O)OC(=O)CCCCCCCCCCCCCCC)OC(=O)CCCCCCCCCCCCCCC.[Na+].[Na+]. The molecule has 0 rings (SSSR count). The van der Waals surface area contributed by atoms with Crippen LogP contribution in [-0.4, -0.2) is 109 Å². The number of ether oxygens (including phenoxy) is 4. The van der Waals surface area contributed by atoms with Gasteiger partial charge in [-0.2, -0.15) is 0 Å². The van der Waals surface area contributed by atoms with Gasteiger partial charge in [0.1, 0.15) is 18.8 Å². The van der Waals surface area contributed by atoms with Crippen LogP contribution in [0.4, 0.5) is 0 Å². The molecule has 0 aromatic carbocycles. The van der Waals surface area contributed by atoms with Crippen molar-refractivity contribution in [3.05, 3.63) is 0 Å². The Bertz CT molecular complexity index is 1840. The summed E-state index contributed by atoms with van der Waals surface area (Å²) >= 11 is 0. The van der Waals surface area contributed by atoms with Gasteiger partial charge in [-0.25, -0.2) is 9.13 Å². The molecule has 0 saturated heterocycles. The van der Waals surface area contributed by atoms with E-state index < -0.39 is 97.3 Å². The molecule has 23 heteroatoms. The van der Waals surface area contributed by atoms with Gasteiger partial charge in [0.05, 0.1) is 39.5 Å². The van der Waals surface area contributed by atoms with Gasteiger partial charge in [-0.3, -0.25) is 42.1 Å². The number of phosphoric acid groups is 2. The van der Waals surface area contributed by atoms with Crippen molar-refractivity contribution < 1.29 is 144 Å². The number of esters is 4. The summed E-state index contributed by atoms with van der Waals surface area (Å²) in [7, 11) is -9.95. The van der Waals surface area contributed by atoms with Crippen LogP contribution in [0.2, 0.25) is 0 Å². The third-order valence-electron chi connectivity index (χ3n) is 16.5. The number of phosphoric ester groups is 2. The van der Waals surface area contributed by atoms with Gasteiger partial charge in [-0.05, 0) is 32.1 Å². The second-order valence-electron chi connectivity index (χ2n) is 25.7. The smallest absolute Gasteiger partial charge is 0.466 e. The largest absolute Gasteiger partial charge is 1.00 e. The van der Waals surface area contributed by atoms with Gasteiger partial charge in [0.2, 0.25) is 5.91 Å². The number of amides is 1. The normalized spacial score (nSPS) is 13.6. The number of hydrogen-bond acceptors (Lipinski definition) is 16. The minimum atomic E-state index is -4.98. The molecule has 2 unspecified atom stereocenters. The molecule has 5 atom stereocenters. The van der Waals surface area contributed by atoms with Gasteiger partial charge < -0.3 is 39.2 Å². The molecule has 0 aromatic rings. The van der Waals surface area contributed by atoms with Gasteiger partial charge in [0.25, 0.3) is 0 Å². The predicted octanol–water partition coefficient (Wildman–Crippen LogP) is 13.0. The Kier molecular flexibility index (Phi) is 75.2. The summed E-state index contributed by atoms with van der Waals surface area (Å²) < 4.78 is 68.3. The first-order valence-electron chi connectivity index (χ1n) is 37.4. The van der Waals surface area contributed by atoms with Crippen molar-refractivity contribution in [3.63, 3.8) is 0 Å². The van der Waals surface area contributed by atoms with Crippen molar-refractivity contribution >= 4 is 45.4 Å². The van der Waals surface area contributed by atoms with Crippen LogP contribution in [0, 0.1) is 0 Å². The summed E-state index contributed by atoms with van der Waals surface area (Å²) in [6, 6.07) is 0. The summed E-state index contributed by atoms with van der Waals surface area (Å²) in [4.78, 5) is 83.9. The van der Waals surface area contributed by atoms with E-state index in [9.17, 15) is 48.0 Å². The van der Waals surface area contributed by atoms with Crippen LogP contribution in [0.3, 0.4) is 0 Å². The van der Waals surface area contributed by atoms with Crippen LogP contribution in [0.1, 0.15) is 362 Å². The van der Waals surface area contributed by atoms with Crippen LogP contribution in [0.5, 0.6) is 0 Å². The first-order chi connectivity index (χ1) is 44.5. The van der Waals surface area contributed by atoms with Crippen LogP contribution in [0.25, 0.3) is 0 Å². The number of aliphatic hydroxyl groups is 1. The van der Waals surface area contributed by atoms with Crippen molar-refractivity contribution in [3.8, 4) is 0 Å². The monoisotopic (exact) mass is 1400 g/mol. The number of hydrogen-bond donors (Lipinski definition) is 4. The Hall–Kier alpha value is -0.470. The zero-order valence-electron chi connectivity index (χ0n) is 60.8. The molecule has 0 spiro atoms. The number of aliphatic hydroxyl groups excluding tert-OH is 1. The second-order valence-corrected chi connectivity index (χ2v) is 28.7. The predicted molar refractivity (Wildman–Crippen MR) is 367 cm³/mol. The maximum atomic E-state index is 13.0. The summed E-state index contributed by atoms with van der Waals surface area (Å²) in [5, 5.41) is 13.4. The number of nitrogens with one attached hydrogen (secondary N) is 1. The van der Waals surface area contributed by atoms with Crippen molar-refractivity contribution in [2.45, 2.75) is 380 Å². The van der Waals surface area contributed by atoms with E-state index in [-0.39, 0.29) is 90.9 Å². The average molecular weight is 1400 g/mol. The fraction of sp³-hybridized carbons (Fsp3) is 0.930. The minimum absolute atomic E-state index is 0. The minimum Gasteiger partial charge on any atom is -0.466 e. The molecule has 0 bridgehead atoms. The molecular formula is C71H137NNa2O18P2+2. The maximum absolute atomic E-state index is 13.0. The molecule has 0 aromatic heterocycles. The van der Waals surface area contributed by atoms with Crippen LogP contribution >= 0.6 is 15.6 Å². The molecule has 1 amide bonds. The summed E-state index contributed by atoms with van der Waals surface area (Å²) in [5.74, 6) is -2.37. The van der Waals surface area contributed by atoms with E-state index in [4.69, 9.17) is 37.0 Å². The number of carbonyl (C=O) groups excluding carboxylic acids is 5. The third-order valence-corrected chi connectivity index (χ3v) is 18.4. The topological polar surface area (TPSA) is 266 Å². The van der Waals surface area contributed by atoms with Crippen molar-refractivity contribution in [1.29, 1.82) is 0 Å². The van der Waals surface area contributed by atoms with E-state index in [1.807, 2.05) is 0 Å². The fourth-order valence-electron chi connectivity index (χ4n) is 10.9. The zero-order chi connectivity index (χ0) is 67.7. The van der Waals surface area contributed by atoms with Gasteiger partial charge in [0, 0.05) is 32.7 Å². The van der Waals surface area contributed by atoms with Crippen molar-refractivity contribution in [2.24, 2.45) is 0 Å². The number of unbranched alkanes of at least 4 members (excludes halogenated alkanes) is 44. The number of carbonyl (C=O) groups is 5. The van der Waals surface area contributed by atoms with E-state index in [0.29, 0.717) is 32.2 Å². The molecule has 0 radical (unpaired) electrons. The fourth-order valence-corrected chi connectivity index (χ4v) is 12.4. The molecule has 0 aliphatic rings. The number of rotatable bonds is 72. The van der Waals surface area contributed by atoms with E-state index in [1.54, 1.807) is 0 Å². The first kappa shape index (κ1) is 97.7. The Morgan fingerprint density at radius 2 is 0.617 bits per heavy atom. The Morgan fingerprint density at radius 1 is 0.340 bits per heavy atom. The van der Waals surface area contributed by atoms with E-state index >= 15 is 0 Å². The van der Waals surface area contributed by atoms with Crippen LogP contribution < -0.4 is 64.4 Å². The maximum Gasteiger partial charge on any atom is 1.00 e. The van der Waals surface area contributed by atoms with Crippen LogP contribution in [0.15, 0.2) is 0 Å². The van der Waals surface area contributed by atoms with Gasteiger partial charge in [-0.1, -0.05) is 297 Å². The Balaban J connectivity index is -0.0000414. The van der Waals surface area contributed by atoms with Crippen molar-refractivity contribution in [1.82, 2.24) is 5.32 Å². The summed E-state index contributed by atoms with van der Waals surface area (Å²) in [5.41, 5.74) is 0. The van der Waals surface area contributed by atoms with Gasteiger partial charge in [-0.15, -0.1) is 0 Å². The summed E-state index contributed by atoms with van der Waals surface area (Å²) in [6.45, 7) is 5.43. The zero-order valence-corrected chi connectivity index (χ0v) is 66.6. The molecule has 94 heavy (non-hydrogen) atoms. The molecule has 0 heterocycles. The molecule has 0 fully saturated rings. The van der Waals surface area contributed by atoms with E-state index in [2.05, 4.69) is 26.1 Å². The quantitative estimate of drug-likeness (QED) is 0.0145. The van der Waals surface area contributed by atoms with E-state index in [1.165, 1.54) is 167 Å². The standard InChI is InChI=1S/C71H137NO18P2.2Na/c1-5-8-11-14-17-20-23-26-29-33-39-44-49-54-69(76)89-66(58-71(78)83-57-52-47-42-37-31-28-25-22-19-16-13-10-7-3)62-87-91(79,80)85-59-65(74)60-86-92(81,82)88-63-67(90-70(77)55-50-45-40-34-30-27-24-21-18-15-12-9-6-2)61-84-68(75)53-48-43-38-35-32-36-41-46-51-56-72-64(4)73;;/h65-67,74H,5-63H2,1-4H3,(H,72,73)(H,79,80)(H,81,82);;/q;2*+1/t65-,66-,67-;;/m1../s1. The van der Waals surface area contributed by atoms with Crippen LogP contribution in [-0.2, 0) is 70.1 Å². The van der Waals surface area contributed by atoms with Crippen molar-refractivity contribution in [2.75, 3.05) is 46.2 Å². The molecular weight excluding hydrogens is 1260 g/mol. The van der Waals surface area contributed by atoms with Gasteiger partial charge >= 0.3 is 98.6 Å². The second kappa shape index (κ2) is 72.3. The Labute approximate surface area is 616 Å². The van der Waals surface area contributed by atoms with Gasteiger partial charge in [0.15, 0.2) is 6.10 Å².